The Morgan fingerprint density at radius 2 is 2.30 bits per heavy atom. The third-order valence-electron chi connectivity index (χ3n) is 3.53. The zero-order chi connectivity index (χ0) is 14.8. The number of hydrogen-bond acceptors (Lipinski definition) is 5. The summed E-state index contributed by atoms with van der Waals surface area (Å²) in [5, 5.41) is 15.6. The highest BCUT2D eigenvalue weighted by atomic mass is 16.5. The number of aromatic nitrogens is 2. The molecule has 1 unspecified atom stereocenters. The number of aliphatic carboxylic acids is 1. The van der Waals surface area contributed by atoms with E-state index in [1.54, 1.807) is 13.8 Å². The first kappa shape index (κ1) is 14.3. The van der Waals surface area contributed by atoms with Gasteiger partial charge in [-0.2, -0.15) is 4.98 Å². The second-order valence-electron chi connectivity index (χ2n) is 5.05. The lowest BCUT2D eigenvalue weighted by atomic mass is 10.00. The van der Waals surface area contributed by atoms with Gasteiger partial charge < -0.3 is 19.8 Å². The molecule has 2 amide bonds. The van der Waals surface area contributed by atoms with E-state index in [0.717, 1.165) is 0 Å². The van der Waals surface area contributed by atoms with E-state index in [1.165, 1.54) is 4.90 Å². The minimum absolute atomic E-state index is 0.326. The summed E-state index contributed by atoms with van der Waals surface area (Å²) in [6.45, 7) is 4.07. The Bertz CT molecular complexity index is 515. The number of aryl methyl sites for hydroxylation is 1. The molecule has 0 aliphatic carbocycles. The number of amides is 2. The molecule has 1 fully saturated rings. The molecule has 1 aromatic rings. The SMILES string of the molecule is Cc1noc(CCNC(=O)N2CCCC2(C)C(=O)O)n1. The molecule has 1 aliphatic rings. The van der Waals surface area contributed by atoms with Crippen LogP contribution in [-0.2, 0) is 11.2 Å². The van der Waals surface area contributed by atoms with Gasteiger partial charge >= 0.3 is 12.0 Å². The number of hydrogen-bond donors (Lipinski definition) is 2. The molecule has 0 saturated carbocycles. The molecule has 2 N–H and O–H groups in total. The topological polar surface area (TPSA) is 109 Å². The van der Waals surface area contributed by atoms with Gasteiger partial charge in [-0.25, -0.2) is 9.59 Å². The summed E-state index contributed by atoms with van der Waals surface area (Å²) in [5.41, 5.74) is -1.12. The number of rotatable bonds is 4. The van der Waals surface area contributed by atoms with Crippen molar-refractivity contribution in [2.75, 3.05) is 13.1 Å². The first-order valence-electron chi connectivity index (χ1n) is 6.51. The summed E-state index contributed by atoms with van der Waals surface area (Å²) in [6, 6.07) is -0.372. The summed E-state index contributed by atoms with van der Waals surface area (Å²) in [7, 11) is 0. The van der Waals surface area contributed by atoms with Gasteiger partial charge in [0.2, 0.25) is 5.89 Å². The summed E-state index contributed by atoms with van der Waals surface area (Å²) < 4.78 is 4.93. The quantitative estimate of drug-likeness (QED) is 0.835. The third-order valence-corrected chi connectivity index (χ3v) is 3.53. The molecule has 2 rings (SSSR count). The van der Waals surface area contributed by atoms with E-state index in [1.807, 2.05) is 0 Å². The molecule has 1 saturated heterocycles. The monoisotopic (exact) mass is 282 g/mol. The normalized spacial score (nSPS) is 22.0. The summed E-state index contributed by atoms with van der Waals surface area (Å²) in [6.07, 6.45) is 1.59. The predicted molar refractivity (Wildman–Crippen MR) is 68.1 cm³/mol. The molecule has 8 nitrogen and oxygen atoms in total. The van der Waals surface area contributed by atoms with Crippen molar-refractivity contribution in [3.63, 3.8) is 0 Å². The second-order valence-corrected chi connectivity index (χ2v) is 5.05. The Morgan fingerprint density at radius 1 is 1.55 bits per heavy atom. The van der Waals surface area contributed by atoms with Crippen LogP contribution in [0.5, 0.6) is 0 Å². The van der Waals surface area contributed by atoms with Crippen LogP contribution in [0.25, 0.3) is 0 Å². The zero-order valence-corrected chi connectivity index (χ0v) is 11.5. The maximum Gasteiger partial charge on any atom is 0.329 e. The highest BCUT2D eigenvalue weighted by molar-refractivity contribution is 5.86. The van der Waals surface area contributed by atoms with Crippen LogP contribution in [-0.4, -0.2) is 50.8 Å². The van der Waals surface area contributed by atoms with Gasteiger partial charge in [0.05, 0.1) is 0 Å². The zero-order valence-electron chi connectivity index (χ0n) is 11.5. The van der Waals surface area contributed by atoms with Crippen LogP contribution < -0.4 is 5.32 Å². The number of carbonyl (C=O) groups is 2. The molecule has 8 heteroatoms. The van der Waals surface area contributed by atoms with E-state index in [0.29, 0.717) is 44.1 Å². The van der Waals surface area contributed by atoms with Crippen LogP contribution >= 0.6 is 0 Å². The number of likely N-dealkylation sites (tertiary alicyclic amines) is 1. The third kappa shape index (κ3) is 2.73. The maximum atomic E-state index is 12.0. The van der Waals surface area contributed by atoms with E-state index in [2.05, 4.69) is 15.5 Å². The van der Waals surface area contributed by atoms with E-state index in [9.17, 15) is 14.7 Å². The van der Waals surface area contributed by atoms with Crippen LogP contribution in [0, 0.1) is 6.92 Å². The van der Waals surface area contributed by atoms with Gasteiger partial charge in [0.15, 0.2) is 5.82 Å². The molecule has 1 atom stereocenters. The molecule has 1 aromatic heterocycles. The fraction of sp³-hybridized carbons (Fsp3) is 0.667. The average Bonchev–Trinajstić information content (AvgIpc) is 2.96. The van der Waals surface area contributed by atoms with Crippen molar-refractivity contribution in [3.8, 4) is 0 Å². The van der Waals surface area contributed by atoms with Crippen molar-refractivity contribution in [1.82, 2.24) is 20.4 Å². The van der Waals surface area contributed by atoms with E-state index >= 15 is 0 Å². The highest BCUT2D eigenvalue weighted by Gasteiger charge is 2.45. The molecule has 0 aromatic carbocycles. The standard InChI is InChI=1S/C12H18N4O4/c1-8-14-9(20-15-8)4-6-13-11(19)16-7-3-5-12(16,2)10(17)18/h3-7H2,1-2H3,(H,13,19)(H,17,18). The van der Waals surface area contributed by atoms with E-state index < -0.39 is 11.5 Å². The fourth-order valence-corrected chi connectivity index (χ4v) is 2.32. The van der Waals surface area contributed by atoms with Crippen molar-refractivity contribution in [2.45, 2.75) is 38.6 Å². The molecule has 20 heavy (non-hydrogen) atoms. The highest BCUT2D eigenvalue weighted by Crippen LogP contribution is 2.29. The molecule has 110 valence electrons. The molecule has 1 aliphatic heterocycles. The lowest BCUT2D eigenvalue weighted by molar-refractivity contribution is -0.147. The Labute approximate surface area is 116 Å². The van der Waals surface area contributed by atoms with Crippen molar-refractivity contribution in [1.29, 1.82) is 0 Å². The summed E-state index contributed by atoms with van der Waals surface area (Å²) in [5.74, 6) is 0.0206. The first-order chi connectivity index (χ1) is 9.43. The summed E-state index contributed by atoms with van der Waals surface area (Å²) >= 11 is 0. The fourth-order valence-electron chi connectivity index (χ4n) is 2.32. The minimum atomic E-state index is -1.12. The minimum Gasteiger partial charge on any atom is -0.480 e. The van der Waals surface area contributed by atoms with Gasteiger partial charge in [0, 0.05) is 19.5 Å². The lowest BCUT2D eigenvalue weighted by Crippen LogP contribution is -2.54. The molecule has 2 heterocycles. The van der Waals surface area contributed by atoms with Crippen molar-refractivity contribution < 1.29 is 19.2 Å². The second kappa shape index (κ2) is 5.48. The molecule has 0 radical (unpaired) electrons. The number of urea groups is 1. The molecule has 0 bridgehead atoms. The van der Waals surface area contributed by atoms with E-state index in [4.69, 9.17) is 4.52 Å². The largest absolute Gasteiger partial charge is 0.480 e. The Kier molecular flexibility index (Phi) is 3.91. The smallest absolute Gasteiger partial charge is 0.329 e. The Morgan fingerprint density at radius 3 is 2.90 bits per heavy atom. The van der Waals surface area contributed by atoms with Crippen molar-refractivity contribution >= 4 is 12.0 Å². The molecule has 0 spiro atoms. The van der Waals surface area contributed by atoms with Gasteiger partial charge in [0.25, 0.3) is 0 Å². The van der Waals surface area contributed by atoms with Gasteiger partial charge in [0.1, 0.15) is 5.54 Å². The number of carboxylic acids is 1. The van der Waals surface area contributed by atoms with Crippen LogP contribution in [0.15, 0.2) is 4.52 Å². The first-order valence-corrected chi connectivity index (χ1v) is 6.51. The van der Waals surface area contributed by atoms with Crippen LogP contribution in [0.2, 0.25) is 0 Å². The van der Waals surface area contributed by atoms with Crippen LogP contribution in [0.1, 0.15) is 31.5 Å². The van der Waals surface area contributed by atoms with E-state index in [-0.39, 0.29) is 6.03 Å². The Balaban J connectivity index is 1.87. The maximum absolute atomic E-state index is 12.0. The van der Waals surface area contributed by atoms with Crippen LogP contribution in [0.4, 0.5) is 4.79 Å². The number of nitrogens with one attached hydrogen (secondary N) is 1. The molecular weight excluding hydrogens is 264 g/mol. The van der Waals surface area contributed by atoms with Gasteiger partial charge in [-0.15, -0.1) is 0 Å². The van der Waals surface area contributed by atoms with Gasteiger partial charge in [-0.3, -0.25) is 0 Å². The average molecular weight is 282 g/mol. The van der Waals surface area contributed by atoms with Crippen LogP contribution in [0.3, 0.4) is 0 Å². The summed E-state index contributed by atoms with van der Waals surface area (Å²) in [4.78, 5) is 28.7. The number of carbonyl (C=O) groups excluding carboxylic acids is 1. The van der Waals surface area contributed by atoms with Crippen molar-refractivity contribution in [2.24, 2.45) is 0 Å². The lowest BCUT2D eigenvalue weighted by Gasteiger charge is -2.31. The molecular formula is C12H18N4O4. The Hall–Kier alpha value is -2.12. The van der Waals surface area contributed by atoms with Gasteiger partial charge in [-0.1, -0.05) is 5.16 Å². The number of nitrogens with zero attached hydrogens (tertiary/aromatic N) is 3. The number of carboxylic acid groups (broad SMARTS) is 1. The van der Waals surface area contributed by atoms with Crippen molar-refractivity contribution in [3.05, 3.63) is 11.7 Å². The van der Waals surface area contributed by atoms with Gasteiger partial charge in [-0.05, 0) is 26.7 Å². The predicted octanol–water partition coefficient (Wildman–Crippen LogP) is 0.569.